The first-order valence-electron chi connectivity index (χ1n) is 6.45. The largest absolute Gasteiger partial charge is 0.497 e. The monoisotopic (exact) mass is 326 g/mol. The van der Waals surface area contributed by atoms with E-state index in [0.717, 1.165) is 41.8 Å². The van der Waals surface area contributed by atoms with Gasteiger partial charge in [-0.25, -0.2) is 0 Å². The van der Waals surface area contributed by atoms with Gasteiger partial charge in [-0.1, -0.05) is 15.9 Å². The average molecular weight is 327 g/mol. The zero-order chi connectivity index (χ0) is 13.8. The number of halogens is 1. The minimum absolute atomic E-state index is 0.169. The highest BCUT2D eigenvalue weighted by atomic mass is 79.9. The number of carbonyl (C=O) groups excluding carboxylic acids is 1. The number of likely N-dealkylation sites (tertiary alicyclic amines) is 1. The molecule has 1 aliphatic rings. The van der Waals surface area contributed by atoms with Gasteiger partial charge in [0, 0.05) is 42.3 Å². The Morgan fingerprint density at radius 1 is 1.37 bits per heavy atom. The summed E-state index contributed by atoms with van der Waals surface area (Å²) in [5.74, 6) is 1.00. The quantitative estimate of drug-likeness (QED) is 0.928. The molecule has 5 heteroatoms. The van der Waals surface area contributed by atoms with Gasteiger partial charge in [0.25, 0.3) is 0 Å². The molecule has 1 aromatic carbocycles. The maximum Gasteiger partial charge on any atom is 0.219 e. The van der Waals surface area contributed by atoms with E-state index in [1.807, 2.05) is 23.1 Å². The number of carbonyl (C=O) groups is 1. The molecule has 4 nitrogen and oxygen atoms in total. The number of methoxy groups -OCH3 is 1. The topological polar surface area (TPSA) is 41.6 Å². The molecule has 1 amide bonds. The fourth-order valence-electron chi connectivity index (χ4n) is 2.34. The van der Waals surface area contributed by atoms with Crippen LogP contribution in [-0.4, -0.2) is 37.0 Å². The molecule has 0 aromatic heterocycles. The lowest BCUT2D eigenvalue weighted by atomic mass is 10.0. The van der Waals surface area contributed by atoms with Gasteiger partial charge in [-0.05, 0) is 25.0 Å². The minimum atomic E-state index is 0.169. The van der Waals surface area contributed by atoms with Crippen molar-refractivity contribution < 1.29 is 9.53 Å². The van der Waals surface area contributed by atoms with E-state index >= 15 is 0 Å². The molecule has 2 rings (SSSR count). The zero-order valence-corrected chi connectivity index (χ0v) is 12.9. The van der Waals surface area contributed by atoms with Gasteiger partial charge >= 0.3 is 0 Å². The molecule has 0 aliphatic carbocycles. The van der Waals surface area contributed by atoms with Crippen molar-refractivity contribution in [3.8, 4) is 5.75 Å². The summed E-state index contributed by atoms with van der Waals surface area (Å²) < 4.78 is 6.25. The standard InChI is InChI=1S/C14H19BrN2O2/c1-10(18)17-5-3-12(4-6-17)16-13-7-11(15)8-14(9-13)19-2/h7-9,12,16H,3-6H2,1-2H3. The van der Waals surface area contributed by atoms with E-state index < -0.39 is 0 Å². The van der Waals surface area contributed by atoms with Crippen LogP contribution in [0.3, 0.4) is 0 Å². The lowest BCUT2D eigenvalue weighted by Gasteiger charge is -2.32. The highest BCUT2D eigenvalue weighted by Crippen LogP contribution is 2.26. The second-order valence-corrected chi connectivity index (χ2v) is 5.72. The minimum Gasteiger partial charge on any atom is -0.497 e. The first-order chi connectivity index (χ1) is 9.08. The van der Waals surface area contributed by atoms with Gasteiger partial charge in [-0.2, -0.15) is 0 Å². The number of nitrogens with one attached hydrogen (secondary N) is 1. The summed E-state index contributed by atoms with van der Waals surface area (Å²) in [6, 6.07) is 6.38. The molecule has 0 spiro atoms. The van der Waals surface area contributed by atoms with Crippen molar-refractivity contribution in [1.29, 1.82) is 0 Å². The number of piperidine rings is 1. The number of ether oxygens (including phenoxy) is 1. The van der Waals surface area contributed by atoms with Crippen molar-refractivity contribution in [3.63, 3.8) is 0 Å². The van der Waals surface area contributed by atoms with Crippen LogP contribution in [0.1, 0.15) is 19.8 Å². The number of nitrogens with zero attached hydrogens (tertiary/aromatic N) is 1. The fourth-order valence-corrected chi connectivity index (χ4v) is 2.81. The van der Waals surface area contributed by atoms with E-state index in [1.165, 1.54) is 0 Å². The van der Waals surface area contributed by atoms with Gasteiger partial charge in [0.15, 0.2) is 0 Å². The third kappa shape index (κ3) is 3.86. The molecular weight excluding hydrogens is 308 g/mol. The molecule has 1 aliphatic heterocycles. The molecular formula is C14H19BrN2O2. The Labute approximate surface area is 122 Å². The molecule has 0 bridgehead atoms. The maximum absolute atomic E-state index is 11.3. The molecule has 104 valence electrons. The lowest BCUT2D eigenvalue weighted by molar-refractivity contribution is -0.129. The number of anilines is 1. The van der Waals surface area contributed by atoms with Gasteiger partial charge < -0.3 is 15.0 Å². The summed E-state index contributed by atoms with van der Waals surface area (Å²) in [6.45, 7) is 3.29. The SMILES string of the molecule is COc1cc(Br)cc(NC2CCN(C(C)=O)CC2)c1. The Bertz CT molecular complexity index is 457. The van der Waals surface area contributed by atoms with Crippen molar-refractivity contribution in [1.82, 2.24) is 4.90 Å². The summed E-state index contributed by atoms with van der Waals surface area (Å²) in [6.07, 6.45) is 1.96. The van der Waals surface area contributed by atoms with Crippen molar-refractivity contribution in [2.45, 2.75) is 25.8 Å². The molecule has 0 atom stereocenters. The zero-order valence-electron chi connectivity index (χ0n) is 11.3. The highest BCUT2D eigenvalue weighted by Gasteiger charge is 2.20. The third-order valence-corrected chi connectivity index (χ3v) is 3.88. The van der Waals surface area contributed by atoms with E-state index in [1.54, 1.807) is 14.0 Å². The number of benzene rings is 1. The maximum atomic E-state index is 11.3. The summed E-state index contributed by atoms with van der Waals surface area (Å²) in [7, 11) is 1.66. The summed E-state index contributed by atoms with van der Waals surface area (Å²) in [5, 5.41) is 3.51. The second-order valence-electron chi connectivity index (χ2n) is 4.80. The van der Waals surface area contributed by atoms with Crippen molar-refractivity contribution in [3.05, 3.63) is 22.7 Å². The van der Waals surface area contributed by atoms with Gasteiger partial charge in [-0.3, -0.25) is 4.79 Å². The van der Waals surface area contributed by atoms with E-state index in [-0.39, 0.29) is 5.91 Å². The van der Waals surface area contributed by atoms with Gasteiger partial charge in [0.1, 0.15) is 5.75 Å². The Kier molecular flexibility index (Phi) is 4.69. The van der Waals surface area contributed by atoms with Crippen molar-refractivity contribution in [2.24, 2.45) is 0 Å². The van der Waals surface area contributed by atoms with Crippen LogP contribution in [0, 0.1) is 0 Å². The number of rotatable bonds is 3. The molecule has 1 saturated heterocycles. The van der Waals surface area contributed by atoms with E-state index in [4.69, 9.17) is 4.74 Å². The molecule has 0 unspecified atom stereocenters. The molecule has 0 radical (unpaired) electrons. The van der Waals surface area contributed by atoms with Crippen LogP contribution in [0.4, 0.5) is 5.69 Å². The first-order valence-corrected chi connectivity index (χ1v) is 7.24. The van der Waals surface area contributed by atoms with Crippen molar-refractivity contribution >= 4 is 27.5 Å². The van der Waals surface area contributed by atoms with E-state index in [2.05, 4.69) is 21.2 Å². The first kappa shape index (κ1) is 14.2. The summed E-state index contributed by atoms with van der Waals surface area (Å²) in [4.78, 5) is 13.2. The van der Waals surface area contributed by atoms with Gasteiger partial charge in [0.2, 0.25) is 5.91 Å². The van der Waals surface area contributed by atoms with Crippen LogP contribution in [0.15, 0.2) is 22.7 Å². The van der Waals surface area contributed by atoms with Crippen molar-refractivity contribution in [2.75, 3.05) is 25.5 Å². The fraction of sp³-hybridized carbons (Fsp3) is 0.500. The highest BCUT2D eigenvalue weighted by molar-refractivity contribution is 9.10. The van der Waals surface area contributed by atoms with Crippen LogP contribution < -0.4 is 10.1 Å². The van der Waals surface area contributed by atoms with Gasteiger partial charge in [-0.15, -0.1) is 0 Å². The van der Waals surface area contributed by atoms with Crippen LogP contribution in [-0.2, 0) is 4.79 Å². The van der Waals surface area contributed by atoms with Crippen LogP contribution >= 0.6 is 15.9 Å². The predicted molar refractivity (Wildman–Crippen MR) is 79.6 cm³/mol. The molecule has 1 heterocycles. The molecule has 1 N–H and O–H groups in total. The second kappa shape index (κ2) is 6.28. The molecule has 0 saturated carbocycles. The Morgan fingerprint density at radius 3 is 2.63 bits per heavy atom. The average Bonchev–Trinajstić information content (AvgIpc) is 2.38. The predicted octanol–water partition coefficient (Wildman–Crippen LogP) is 2.88. The third-order valence-electron chi connectivity index (χ3n) is 3.42. The number of hydrogen-bond donors (Lipinski definition) is 1. The molecule has 1 fully saturated rings. The molecule has 19 heavy (non-hydrogen) atoms. The normalized spacial score (nSPS) is 16.3. The lowest BCUT2D eigenvalue weighted by Crippen LogP contribution is -2.41. The number of amides is 1. The Hall–Kier alpha value is -1.23. The van der Waals surface area contributed by atoms with E-state index in [0.29, 0.717) is 6.04 Å². The molecule has 1 aromatic rings. The van der Waals surface area contributed by atoms with Crippen LogP contribution in [0.5, 0.6) is 5.75 Å². The van der Waals surface area contributed by atoms with Crippen LogP contribution in [0.25, 0.3) is 0 Å². The Morgan fingerprint density at radius 2 is 2.05 bits per heavy atom. The van der Waals surface area contributed by atoms with Gasteiger partial charge in [0.05, 0.1) is 7.11 Å². The Balaban J connectivity index is 1.95. The van der Waals surface area contributed by atoms with Crippen LogP contribution in [0.2, 0.25) is 0 Å². The summed E-state index contributed by atoms with van der Waals surface area (Å²) >= 11 is 3.47. The number of hydrogen-bond acceptors (Lipinski definition) is 3. The summed E-state index contributed by atoms with van der Waals surface area (Å²) in [5.41, 5.74) is 1.05. The van der Waals surface area contributed by atoms with E-state index in [9.17, 15) is 4.79 Å². The smallest absolute Gasteiger partial charge is 0.219 e.